The van der Waals surface area contributed by atoms with Crippen LogP contribution in [0.5, 0.6) is 5.75 Å². The molecule has 0 fully saturated rings. The molecule has 18 heavy (non-hydrogen) atoms. The van der Waals surface area contributed by atoms with Gasteiger partial charge in [0, 0.05) is 11.0 Å². The summed E-state index contributed by atoms with van der Waals surface area (Å²) in [6.45, 7) is 6.31. The topological polar surface area (TPSA) is 12.5 Å². The number of ether oxygens (including phenoxy) is 1. The standard InChI is InChI=1S/C12H15BrF3NO/c1-3-17(4-2)8-9-5-10(13)7-11(6-9)18-12(14,15)16/h5-7H,3-4,8H2,1-2H3. The van der Waals surface area contributed by atoms with Crippen LogP contribution in [0.4, 0.5) is 13.2 Å². The first-order chi connectivity index (χ1) is 8.34. The first-order valence-electron chi connectivity index (χ1n) is 5.61. The Labute approximate surface area is 113 Å². The van der Waals surface area contributed by atoms with Gasteiger partial charge in [0.2, 0.25) is 0 Å². The van der Waals surface area contributed by atoms with Crippen LogP contribution >= 0.6 is 15.9 Å². The van der Waals surface area contributed by atoms with Crippen molar-refractivity contribution >= 4 is 15.9 Å². The maximum Gasteiger partial charge on any atom is 0.573 e. The Bertz CT molecular complexity index is 391. The SMILES string of the molecule is CCN(CC)Cc1cc(Br)cc(OC(F)(F)F)c1. The molecule has 1 aromatic rings. The Kier molecular flexibility index (Phi) is 5.47. The van der Waals surface area contributed by atoms with Gasteiger partial charge in [0.05, 0.1) is 0 Å². The predicted octanol–water partition coefficient (Wildman–Crippen LogP) is 4.19. The van der Waals surface area contributed by atoms with Gasteiger partial charge in [-0.1, -0.05) is 29.8 Å². The van der Waals surface area contributed by atoms with Crippen LogP contribution in [0, 0.1) is 0 Å². The normalized spacial score (nSPS) is 11.9. The van der Waals surface area contributed by atoms with Crippen LogP contribution in [-0.2, 0) is 6.54 Å². The molecule has 0 radical (unpaired) electrons. The summed E-state index contributed by atoms with van der Waals surface area (Å²) in [5, 5.41) is 0. The highest BCUT2D eigenvalue weighted by atomic mass is 79.9. The molecule has 0 unspecified atom stereocenters. The molecule has 102 valence electrons. The number of nitrogens with zero attached hydrogens (tertiary/aromatic N) is 1. The van der Waals surface area contributed by atoms with Crippen LogP contribution in [0.2, 0.25) is 0 Å². The molecular formula is C12H15BrF3NO. The summed E-state index contributed by atoms with van der Waals surface area (Å²) >= 11 is 3.19. The minimum Gasteiger partial charge on any atom is -0.406 e. The van der Waals surface area contributed by atoms with Crippen molar-refractivity contribution in [3.63, 3.8) is 0 Å². The monoisotopic (exact) mass is 325 g/mol. The third-order valence-electron chi connectivity index (χ3n) is 2.47. The first-order valence-corrected chi connectivity index (χ1v) is 6.41. The van der Waals surface area contributed by atoms with Gasteiger partial charge in [0.25, 0.3) is 0 Å². The minimum absolute atomic E-state index is 0.195. The highest BCUT2D eigenvalue weighted by molar-refractivity contribution is 9.10. The molecule has 0 amide bonds. The van der Waals surface area contributed by atoms with Crippen LogP contribution in [0.15, 0.2) is 22.7 Å². The number of hydrogen-bond acceptors (Lipinski definition) is 2. The number of halogens is 4. The number of alkyl halides is 3. The van der Waals surface area contributed by atoms with Crippen molar-refractivity contribution in [3.05, 3.63) is 28.2 Å². The van der Waals surface area contributed by atoms with E-state index in [0.29, 0.717) is 11.0 Å². The molecule has 0 aromatic heterocycles. The van der Waals surface area contributed by atoms with Gasteiger partial charge in [-0.15, -0.1) is 13.2 Å². The van der Waals surface area contributed by atoms with Gasteiger partial charge in [0.1, 0.15) is 5.75 Å². The van der Waals surface area contributed by atoms with Crippen LogP contribution in [0.1, 0.15) is 19.4 Å². The summed E-state index contributed by atoms with van der Waals surface area (Å²) in [5.74, 6) is -0.195. The fraction of sp³-hybridized carbons (Fsp3) is 0.500. The maximum absolute atomic E-state index is 12.2. The van der Waals surface area contributed by atoms with Crippen LogP contribution < -0.4 is 4.74 Å². The smallest absolute Gasteiger partial charge is 0.406 e. The molecule has 2 nitrogen and oxygen atoms in total. The van der Waals surface area contributed by atoms with Crippen molar-refractivity contribution in [2.45, 2.75) is 26.8 Å². The Morgan fingerprint density at radius 1 is 1.17 bits per heavy atom. The first kappa shape index (κ1) is 15.3. The molecule has 0 spiro atoms. The molecule has 0 aliphatic rings. The van der Waals surface area contributed by atoms with Crippen molar-refractivity contribution in [1.82, 2.24) is 4.90 Å². The lowest BCUT2D eigenvalue weighted by Gasteiger charge is -2.19. The van der Waals surface area contributed by atoms with E-state index in [1.165, 1.54) is 12.1 Å². The van der Waals surface area contributed by atoms with Gasteiger partial charge < -0.3 is 4.74 Å². The fourth-order valence-corrected chi connectivity index (χ4v) is 2.13. The largest absolute Gasteiger partial charge is 0.573 e. The van der Waals surface area contributed by atoms with Gasteiger partial charge in [-0.2, -0.15) is 0 Å². The van der Waals surface area contributed by atoms with E-state index < -0.39 is 6.36 Å². The Hall–Kier alpha value is -0.750. The Morgan fingerprint density at radius 2 is 1.78 bits per heavy atom. The van der Waals surface area contributed by atoms with E-state index in [4.69, 9.17) is 0 Å². The van der Waals surface area contributed by atoms with Crippen molar-refractivity contribution in [1.29, 1.82) is 0 Å². The average Bonchev–Trinajstić information content (AvgIpc) is 2.22. The number of benzene rings is 1. The molecule has 0 saturated carbocycles. The summed E-state index contributed by atoms with van der Waals surface area (Å²) in [7, 11) is 0. The molecule has 0 aliphatic carbocycles. The molecular weight excluding hydrogens is 311 g/mol. The van der Waals surface area contributed by atoms with Gasteiger partial charge >= 0.3 is 6.36 Å². The average molecular weight is 326 g/mol. The quantitative estimate of drug-likeness (QED) is 0.804. The summed E-state index contributed by atoms with van der Waals surface area (Å²) < 4.78 is 41.0. The zero-order chi connectivity index (χ0) is 13.8. The van der Waals surface area contributed by atoms with E-state index in [2.05, 4.69) is 25.6 Å². The zero-order valence-corrected chi connectivity index (χ0v) is 11.8. The molecule has 0 saturated heterocycles. The van der Waals surface area contributed by atoms with Crippen molar-refractivity contribution < 1.29 is 17.9 Å². The van der Waals surface area contributed by atoms with Gasteiger partial charge in [-0.3, -0.25) is 4.90 Å². The molecule has 1 aromatic carbocycles. The van der Waals surface area contributed by atoms with Gasteiger partial charge in [0.15, 0.2) is 0 Å². The summed E-state index contributed by atoms with van der Waals surface area (Å²) in [5.41, 5.74) is 0.785. The van der Waals surface area contributed by atoms with Crippen molar-refractivity contribution in [2.24, 2.45) is 0 Å². The summed E-state index contributed by atoms with van der Waals surface area (Å²) in [6, 6.07) is 4.51. The lowest BCUT2D eigenvalue weighted by Crippen LogP contribution is -2.22. The summed E-state index contributed by atoms with van der Waals surface area (Å²) in [6.07, 6.45) is -4.66. The van der Waals surface area contributed by atoms with Crippen LogP contribution in [0.25, 0.3) is 0 Å². The number of hydrogen-bond donors (Lipinski definition) is 0. The van der Waals surface area contributed by atoms with E-state index in [0.717, 1.165) is 18.7 Å². The maximum atomic E-state index is 12.2. The van der Waals surface area contributed by atoms with Gasteiger partial charge in [-0.25, -0.2) is 0 Å². The second-order valence-electron chi connectivity index (χ2n) is 3.80. The highest BCUT2D eigenvalue weighted by Crippen LogP contribution is 2.27. The Morgan fingerprint density at radius 3 is 2.28 bits per heavy atom. The third-order valence-corrected chi connectivity index (χ3v) is 2.92. The fourth-order valence-electron chi connectivity index (χ4n) is 1.61. The molecule has 1 rings (SSSR count). The van der Waals surface area contributed by atoms with E-state index in [1.54, 1.807) is 6.07 Å². The molecule has 0 N–H and O–H groups in total. The third kappa shape index (κ3) is 5.27. The molecule has 0 bridgehead atoms. The number of rotatable bonds is 5. The van der Waals surface area contributed by atoms with Crippen LogP contribution in [-0.4, -0.2) is 24.4 Å². The van der Waals surface area contributed by atoms with Crippen LogP contribution in [0.3, 0.4) is 0 Å². The summed E-state index contributed by atoms with van der Waals surface area (Å²) in [4.78, 5) is 2.11. The van der Waals surface area contributed by atoms with E-state index in [-0.39, 0.29) is 5.75 Å². The Balaban J connectivity index is 2.87. The lowest BCUT2D eigenvalue weighted by atomic mass is 10.2. The second-order valence-corrected chi connectivity index (χ2v) is 4.72. The van der Waals surface area contributed by atoms with Crippen molar-refractivity contribution in [2.75, 3.05) is 13.1 Å². The van der Waals surface area contributed by atoms with E-state index in [9.17, 15) is 13.2 Å². The highest BCUT2D eigenvalue weighted by Gasteiger charge is 2.31. The predicted molar refractivity (Wildman–Crippen MR) is 67.5 cm³/mol. The lowest BCUT2D eigenvalue weighted by molar-refractivity contribution is -0.274. The molecule has 6 heteroatoms. The molecule has 0 heterocycles. The zero-order valence-electron chi connectivity index (χ0n) is 10.2. The van der Waals surface area contributed by atoms with E-state index >= 15 is 0 Å². The van der Waals surface area contributed by atoms with Gasteiger partial charge in [-0.05, 0) is 36.9 Å². The minimum atomic E-state index is -4.66. The van der Waals surface area contributed by atoms with E-state index in [1.807, 2.05) is 13.8 Å². The molecule has 0 atom stereocenters. The second kappa shape index (κ2) is 6.43. The molecule has 0 aliphatic heterocycles. The van der Waals surface area contributed by atoms with Crippen molar-refractivity contribution in [3.8, 4) is 5.75 Å².